The Bertz CT molecular complexity index is 1840. The molecule has 0 saturated carbocycles. The number of alkyl halides is 12. The minimum Gasteiger partial charge on any atom is -0.268 e. The molecule has 4 aromatic rings. The number of carbonyl (C=O) groups excluding carboxylic acids is 4. The number of carbonyl (C=O) groups is 4. The Hall–Kier alpha value is -5.42. The molecule has 18 heteroatoms. The molecule has 0 unspecified atom stereocenters. The van der Waals surface area contributed by atoms with Crippen molar-refractivity contribution in [3.63, 3.8) is 0 Å². The molecule has 0 aliphatic carbocycles. The first-order chi connectivity index (χ1) is 22.0. The Kier molecular flexibility index (Phi) is 6.80. The smallest absolute Gasteiger partial charge is 0.268 e. The second-order valence-electron chi connectivity index (χ2n) is 10.5. The topological polar surface area (TPSA) is 74.8 Å². The van der Waals surface area contributed by atoms with Gasteiger partial charge in [0, 0.05) is 33.0 Å². The molecule has 4 amide bonds. The van der Waals surface area contributed by atoms with Gasteiger partial charge in [-0.25, -0.2) is 9.80 Å². The van der Waals surface area contributed by atoms with Crippen molar-refractivity contribution < 1.29 is 71.9 Å². The van der Waals surface area contributed by atoms with Crippen LogP contribution in [0.1, 0.15) is 63.7 Å². The molecule has 0 radical (unpaired) electrons. The monoisotopic (exact) mass is 690 g/mol. The van der Waals surface area contributed by atoms with Gasteiger partial charge in [0.1, 0.15) is 0 Å². The van der Waals surface area contributed by atoms with Crippen LogP contribution in [0.25, 0.3) is 10.8 Å². The molecule has 0 saturated heterocycles. The SMILES string of the molecule is O=C1c2ccc3c4c(ccc(c24)C(=O)N1c1cc(C(F)(F)F)cc(C(F)(F)F)c1)C(=O)N(c1cc(C(F)(F)F)cc(C(F)(F)F)c1)C3=O. The summed E-state index contributed by atoms with van der Waals surface area (Å²) < 4.78 is 162. The Morgan fingerprint density at radius 3 is 0.750 bits per heavy atom. The minimum atomic E-state index is -5.34. The van der Waals surface area contributed by atoms with Gasteiger partial charge in [-0.2, -0.15) is 52.7 Å². The fraction of sp³-hybridized carbons (Fsp3) is 0.133. The molecule has 248 valence electrons. The third-order valence-corrected chi connectivity index (χ3v) is 7.56. The van der Waals surface area contributed by atoms with Gasteiger partial charge in [-0.1, -0.05) is 0 Å². The summed E-state index contributed by atoms with van der Waals surface area (Å²) >= 11 is 0. The summed E-state index contributed by atoms with van der Waals surface area (Å²) in [7, 11) is 0. The third-order valence-electron chi connectivity index (χ3n) is 7.56. The zero-order chi connectivity index (χ0) is 35.5. The third kappa shape index (κ3) is 5.02. The van der Waals surface area contributed by atoms with Crippen LogP contribution >= 0.6 is 0 Å². The number of hydrogen-bond donors (Lipinski definition) is 0. The van der Waals surface area contributed by atoms with Crippen LogP contribution in [0.4, 0.5) is 64.1 Å². The van der Waals surface area contributed by atoms with Crippen molar-refractivity contribution in [3.8, 4) is 0 Å². The summed E-state index contributed by atoms with van der Waals surface area (Å²) in [4.78, 5) is 54.2. The number of halogens is 12. The van der Waals surface area contributed by atoms with Crippen LogP contribution in [0.2, 0.25) is 0 Å². The summed E-state index contributed by atoms with van der Waals surface area (Å²) in [5.41, 5.74) is -11.9. The van der Waals surface area contributed by atoms with Gasteiger partial charge < -0.3 is 0 Å². The maximum Gasteiger partial charge on any atom is 0.416 e. The lowest BCUT2D eigenvalue weighted by molar-refractivity contribution is -0.144. The molecule has 0 fully saturated rings. The number of nitrogens with zero attached hydrogens (tertiary/aromatic N) is 2. The van der Waals surface area contributed by atoms with E-state index in [0.29, 0.717) is 0 Å². The normalized spacial score (nSPS) is 15.6. The molecule has 0 spiro atoms. The van der Waals surface area contributed by atoms with Gasteiger partial charge in [0.2, 0.25) is 0 Å². The number of amides is 4. The van der Waals surface area contributed by atoms with Crippen LogP contribution in [0.15, 0.2) is 60.7 Å². The maximum absolute atomic E-state index is 13.5. The van der Waals surface area contributed by atoms with Crippen molar-refractivity contribution >= 4 is 45.8 Å². The lowest BCUT2D eigenvalue weighted by Crippen LogP contribution is -2.43. The van der Waals surface area contributed by atoms with Gasteiger partial charge in [-0.05, 0) is 60.7 Å². The summed E-state index contributed by atoms with van der Waals surface area (Å²) in [6, 6.07) is 3.37. The molecule has 2 aliphatic rings. The molecule has 4 aromatic carbocycles. The minimum absolute atomic E-state index is 0.0317. The van der Waals surface area contributed by atoms with E-state index in [1.807, 2.05) is 0 Å². The van der Waals surface area contributed by atoms with Gasteiger partial charge in [0.15, 0.2) is 0 Å². The van der Waals surface area contributed by atoms with E-state index in [4.69, 9.17) is 0 Å². The van der Waals surface area contributed by atoms with Crippen LogP contribution in [0.5, 0.6) is 0 Å². The lowest BCUT2D eigenvalue weighted by atomic mass is 9.85. The van der Waals surface area contributed by atoms with E-state index in [2.05, 4.69) is 0 Å². The summed E-state index contributed by atoms with van der Waals surface area (Å²) in [6.07, 6.45) is -21.4. The van der Waals surface area contributed by atoms with E-state index in [1.54, 1.807) is 0 Å². The fourth-order valence-electron chi connectivity index (χ4n) is 5.48. The van der Waals surface area contributed by atoms with Crippen LogP contribution < -0.4 is 9.80 Å². The van der Waals surface area contributed by atoms with E-state index in [0.717, 1.165) is 24.3 Å². The van der Waals surface area contributed by atoms with Crippen molar-refractivity contribution in [1.29, 1.82) is 0 Å². The highest BCUT2D eigenvalue weighted by Crippen LogP contribution is 2.44. The van der Waals surface area contributed by atoms with E-state index >= 15 is 0 Å². The lowest BCUT2D eigenvalue weighted by Gasteiger charge is -2.32. The number of hydrogen-bond acceptors (Lipinski definition) is 4. The summed E-state index contributed by atoms with van der Waals surface area (Å²) in [6.45, 7) is 0. The highest BCUT2D eigenvalue weighted by atomic mass is 19.4. The first kappa shape index (κ1) is 32.5. The number of anilines is 2. The van der Waals surface area contributed by atoms with E-state index < -0.39 is 115 Å². The first-order valence-corrected chi connectivity index (χ1v) is 13.0. The van der Waals surface area contributed by atoms with Crippen LogP contribution in [0.3, 0.4) is 0 Å². The second kappa shape index (κ2) is 10.0. The molecule has 6 nitrogen and oxygen atoms in total. The largest absolute Gasteiger partial charge is 0.416 e. The van der Waals surface area contributed by atoms with E-state index in [-0.39, 0.29) is 46.2 Å². The molecular weight excluding hydrogens is 680 g/mol. The standard InChI is InChI=1S/C30H10F12N2O4/c31-27(32,33)11-5-12(28(34,35)36)8-15(7-11)43-23(45)17-1-2-18-22-20(4-3-19(21(17)22)25(43)47)26(48)44(24(18)46)16-9-13(29(37,38)39)6-14(10-16)30(40,41)42/h1-10H. The highest BCUT2D eigenvalue weighted by Gasteiger charge is 2.44. The molecule has 2 aliphatic heterocycles. The number of benzene rings is 4. The Balaban J connectivity index is 1.52. The van der Waals surface area contributed by atoms with Crippen molar-refractivity contribution in [3.05, 3.63) is 105 Å². The van der Waals surface area contributed by atoms with Gasteiger partial charge in [0.25, 0.3) is 23.6 Å². The molecular formula is C30H10F12N2O4. The average molecular weight is 690 g/mol. The molecule has 0 aromatic heterocycles. The fourth-order valence-corrected chi connectivity index (χ4v) is 5.48. The molecule has 48 heavy (non-hydrogen) atoms. The summed E-state index contributed by atoms with van der Waals surface area (Å²) in [5.74, 6) is -5.84. The molecule has 2 heterocycles. The molecule has 0 atom stereocenters. The van der Waals surface area contributed by atoms with Gasteiger partial charge in [0.05, 0.1) is 33.6 Å². The van der Waals surface area contributed by atoms with E-state index in [1.165, 1.54) is 0 Å². The zero-order valence-corrected chi connectivity index (χ0v) is 22.8. The number of rotatable bonds is 2. The first-order valence-electron chi connectivity index (χ1n) is 13.0. The Morgan fingerprint density at radius 2 is 0.562 bits per heavy atom. The van der Waals surface area contributed by atoms with Gasteiger partial charge in [-0.15, -0.1) is 0 Å². The van der Waals surface area contributed by atoms with Gasteiger partial charge >= 0.3 is 24.7 Å². The maximum atomic E-state index is 13.5. The Morgan fingerprint density at radius 1 is 0.354 bits per heavy atom. The highest BCUT2D eigenvalue weighted by molar-refractivity contribution is 6.42. The van der Waals surface area contributed by atoms with Crippen molar-refractivity contribution in [2.45, 2.75) is 24.7 Å². The van der Waals surface area contributed by atoms with Gasteiger partial charge in [-0.3, -0.25) is 19.2 Å². The van der Waals surface area contributed by atoms with Crippen molar-refractivity contribution in [2.24, 2.45) is 0 Å². The summed E-state index contributed by atoms with van der Waals surface area (Å²) in [5, 5.41) is -0.888. The average Bonchev–Trinajstić information content (AvgIpc) is 2.97. The van der Waals surface area contributed by atoms with Crippen LogP contribution in [0, 0.1) is 0 Å². The quantitative estimate of drug-likeness (QED) is 0.156. The molecule has 6 rings (SSSR count). The second-order valence-corrected chi connectivity index (χ2v) is 10.5. The molecule has 0 bridgehead atoms. The zero-order valence-electron chi connectivity index (χ0n) is 22.8. The van der Waals surface area contributed by atoms with E-state index in [9.17, 15) is 71.9 Å². The van der Waals surface area contributed by atoms with Crippen LogP contribution in [-0.4, -0.2) is 23.6 Å². The number of imide groups is 2. The predicted molar refractivity (Wildman–Crippen MR) is 139 cm³/mol. The Labute approximate surface area is 257 Å². The van der Waals surface area contributed by atoms with Crippen molar-refractivity contribution in [2.75, 3.05) is 9.80 Å². The molecule has 0 N–H and O–H groups in total. The van der Waals surface area contributed by atoms with Crippen molar-refractivity contribution in [1.82, 2.24) is 0 Å². The predicted octanol–water partition coefficient (Wildman–Crippen LogP) is 8.52. The van der Waals surface area contributed by atoms with Crippen LogP contribution in [-0.2, 0) is 24.7 Å².